The molecule has 8 heteroatoms. The zero-order valence-electron chi connectivity index (χ0n) is 18.8. The third-order valence-electron chi connectivity index (χ3n) is 6.13. The predicted octanol–water partition coefficient (Wildman–Crippen LogP) is 3.37. The van der Waals surface area contributed by atoms with Gasteiger partial charge in [0.2, 0.25) is 0 Å². The Bertz CT molecular complexity index is 872. The van der Waals surface area contributed by atoms with Gasteiger partial charge in [-0.3, -0.25) is 4.99 Å². The van der Waals surface area contributed by atoms with Crippen molar-refractivity contribution in [3.8, 4) is 11.5 Å². The van der Waals surface area contributed by atoms with Gasteiger partial charge >= 0.3 is 0 Å². The Kier molecular flexibility index (Phi) is 7.17. The highest BCUT2D eigenvalue weighted by atomic mass is 32.1. The van der Waals surface area contributed by atoms with Crippen LogP contribution in [0.5, 0.6) is 11.5 Å². The number of hydrogen-bond acceptors (Lipinski definition) is 6. The fourth-order valence-electron chi connectivity index (χ4n) is 4.39. The van der Waals surface area contributed by atoms with E-state index in [9.17, 15) is 0 Å². The second-order valence-electron chi connectivity index (χ2n) is 8.12. The van der Waals surface area contributed by atoms with E-state index in [-0.39, 0.29) is 0 Å². The molecule has 4 rings (SSSR count). The van der Waals surface area contributed by atoms with Gasteiger partial charge in [0, 0.05) is 63.6 Å². The van der Waals surface area contributed by atoms with Crippen LogP contribution < -0.4 is 19.7 Å². The molecule has 0 saturated carbocycles. The van der Waals surface area contributed by atoms with Crippen LogP contribution in [0.25, 0.3) is 0 Å². The molecule has 1 aromatic carbocycles. The number of aliphatic imine (C=N–C) groups is 1. The zero-order chi connectivity index (χ0) is 21.6. The first-order chi connectivity index (χ1) is 15.2. The molecule has 0 aliphatic carbocycles. The van der Waals surface area contributed by atoms with Crippen molar-refractivity contribution in [3.63, 3.8) is 0 Å². The van der Waals surface area contributed by atoms with Gasteiger partial charge in [-0.1, -0.05) is 0 Å². The summed E-state index contributed by atoms with van der Waals surface area (Å²) in [4.78, 5) is 14.1. The molecule has 0 amide bonds. The van der Waals surface area contributed by atoms with Crippen molar-refractivity contribution >= 4 is 22.4 Å². The number of guanidine groups is 1. The smallest absolute Gasteiger partial charge is 0.193 e. The Balaban J connectivity index is 1.30. The first kappa shape index (κ1) is 21.7. The van der Waals surface area contributed by atoms with Crippen molar-refractivity contribution in [1.29, 1.82) is 0 Å². The summed E-state index contributed by atoms with van der Waals surface area (Å²) >= 11 is 1.77. The molecule has 1 unspecified atom stereocenters. The van der Waals surface area contributed by atoms with Crippen molar-refractivity contribution in [2.24, 2.45) is 4.99 Å². The monoisotopic (exact) mass is 443 g/mol. The number of nitrogens with zero attached hydrogens (tertiary/aromatic N) is 4. The van der Waals surface area contributed by atoms with Crippen molar-refractivity contribution in [3.05, 3.63) is 34.8 Å². The third kappa shape index (κ3) is 5.23. The zero-order valence-corrected chi connectivity index (χ0v) is 19.6. The van der Waals surface area contributed by atoms with E-state index in [0.717, 1.165) is 68.7 Å². The van der Waals surface area contributed by atoms with E-state index in [0.29, 0.717) is 5.92 Å². The van der Waals surface area contributed by atoms with Gasteiger partial charge in [0.05, 0.1) is 19.9 Å². The van der Waals surface area contributed by atoms with Crippen molar-refractivity contribution in [1.82, 2.24) is 15.2 Å². The molecule has 0 spiro atoms. The molecule has 2 aliphatic heterocycles. The SMILES string of the molecule is CN=C(NCCc1csc(N2CCCC2)n1)N1CCC(c2cc(OC)cc(OC)c2)C1. The second-order valence-corrected chi connectivity index (χ2v) is 8.95. The van der Waals surface area contributed by atoms with Crippen molar-refractivity contribution in [2.45, 2.75) is 31.6 Å². The van der Waals surface area contributed by atoms with E-state index in [2.05, 4.69) is 37.6 Å². The molecule has 0 radical (unpaired) electrons. The number of ether oxygens (including phenoxy) is 2. The molecule has 168 valence electrons. The number of nitrogens with one attached hydrogen (secondary N) is 1. The van der Waals surface area contributed by atoms with Gasteiger partial charge in [0.15, 0.2) is 11.1 Å². The van der Waals surface area contributed by atoms with Crippen molar-refractivity contribution in [2.75, 3.05) is 58.9 Å². The molecule has 7 nitrogen and oxygen atoms in total. The Labute approximate surface area is 189 Å². The molecule has 1 N–H and O–H groups in total. The van der Waals surface area contributed by atoms with Gasteiger partial charge < -0.3 is 24.6 Å². The predicted molar refractivity (Wildman–Crippen MR) is 127 cm³/mol. The third-order valence-corrected chi connectivity index (χ3v) is 7.08. The van der Waals surface area contributed by atoms with E-state index < -0.39 is 0 Å². The minimum absolute atomic E-state index is 0.434. The summed E-state index contributed by atoms with van der Waals surface area (Å²) in [6.45, 7) is 5.05. The number of anilines is 1. The maximum atomic E-state index is 5.44. The highest BCUT2D eigenvalue weighted by molar-refractivity contribution is 7.13. The maximum Gasteiger partial charge on any atom is 0.193 e. The number of benzene rings is 1. The van der Waals surface area contributed by atoms with Crippen LogP contribution in [0.15, 0.2) is 28.6 Å². The largest absolute Gasteiger partial charge is 0.497 e. The maximum absolute atomic E-state index is 5.44. The molecule has 3 heterocycles. The van der Waals surface area contributed by atoms with E-state index in [1.165, 1.54) is 23.5 Å². The number of likely N-dealkylation sites (tertiary alicyclic amines) is 1. The van der Waals surface area contributed by atoms with Crippen LogP contribution >= 0.6 is 11.3 Å². The minimum atomic E-state index is 0.434. The normalized spacial score (nSPS) is 19.2. The van der Waals surface area contributed by atoms with Gasteiger partial charge in [-0.2, -0.15) is 0 Å². The van der Waals surface area contributed by atoms with Gasteiger partial charge in [-0.15, -0.1) is 11.3 Å². The first-order valence-corrected chi connectivity index (χ1v) is 12.0. The summed E-state index contributed by atoms with van der Waals surface area (Å²) in [6, 6.07) is 6.16. The van der Waals surface area contributed by atoms with E-state index in [1.54, 1.807) is 25.6 Å². The lowest BCUT2D eigenvalue weighted by Gasteiger charge is -2.22. The van der Waals surface area contributed by atoms with Gasteiger partial charge in [0.1, 0.15) is 11.5 Å². The highest BCUT2D eigenvalue weighted by Gasteiger charge is 2.27. The Morgan fingerprint density at radius 1 is 1.16 bits per heavy atom. The summed E-state index contributed by atoms with van der Waals surface area (Å²) in [7, 11) is 5.25. The molecular weight excluding hydrogens is 410 g/mol. The van der Waals surface area contributed by atoms with Crippen LogP contribution in [0.3, 0.4) is 0 Å². The first-order valence-electron chi connectivity index (χ1n) is 11.1. The van der Waals surface area contributed by atoms with E-state index in [4.69, 9.17) is 14.5 Å². The fraction of sp³-hybridized carbons (Fsp3) is 0.565. The van der Waals surface area contributed by atoms with Crippen LogP contribution in [-0.4, -0.2) is 69.8 Å². The Hall–Kier alpha value is -2.48. The lowest BCUT2D eigenvalue weighted by Crippen LogP contribution is -2.40. The fourth-order valence-corrected chi connectivity index (χ4v) is 5.30. The van der Waals surface area contributed by atoms with Crippen LogP contribution in [0.4, 0.5) is 5.13 Å². The molecule has 1 atom stereocenters. The van der Waals surface area contributed by atoms with E-state index >= 15 is 0 Å². The summed E-state index contributed by atoms with van der Waals surface area (Å²) in [5.41, 5.74) is 2.42. The molecule has 2 saturated heterocycles. The van der Waals surface area contributed by atoms with Crippen LogP contribution in [0, 0.1) is 0 Å². The number of hydrogen-bond donors (Lipinski definition) is 1. The molecule has 2 aliphatic rings. The quantitative estimate of drug-likeness (QED) is 0.523. The lowest BCUT2D eigenvalue weighted by molar-refractivity contribution is 0.392. The summed E-state index contributed by atoms with van der Waals surface area (Å²) in [5.74, 6) is 3.08. The molecule has 31 heavy (non-hydrogen) atoms. The van der Waals surface area contributed by atoms with Crippen molar-refractivity contribution < 1.29 is 9.47 Å². The molecule has 2 aromatic rings. The lowest BCUT2D eigenvalue weighted by atomic mass is 9.98. The molecule has 2 fully saturated rings. The topological polar surface area (TPSA) is 62.2 Å². The summed E-state index contributed by atoms with van der Waals surface area (Å²) < 4.78 is 10.9. The number of rotatable bonds is 7. The Morgan fingerprint density at radius 3 is 2.58 bits per heavy atom. The minimum Gasteiger partial charge on any atom is -0.497 e. The second kappa shape index (κ2) is 10.2. The average Bonchev–Trinajstić information content (AvgIpc) is 3.57. The number of aromatic nitrogens is 1. The van der Waals surface area contributed by atoms with Crippen LogP contribution in [0.2, 0.25) is 0 Å². The number of thiazole rings is 1. The molecule has 0 bridgehead atoms. The summed E-state index contributed by atoms with van der Waals surface area (Å²) in [5, 5.41) is 6.90. The Morgan fingerprint density at radius 2 is 1.90 bits per heavy atom. The van der Waals surface area contributed by atoms with Gasteiger partial charge in [-0.05, 0) is 37.0 Å². The van der Waals surface area contributed by atoms with Gasteiger partial charge in [0.25, 0.3) is 0 Å². The van der Waals surface area contributed by atoms with E-state index in [1.807, 2.05) is 13.1 Å². The molecular formula is C23H33N5O2S. The van der Waals surface area contributed by atoms with Crippen LogP contribution in [0.1, 0.15) is 36.4 Å². The standard InChI is InChI=1S/C23H33N5O2S/c1-24-22(25-8-6-19-16-31-23(26-19)27-9-4-5-10-27)28-11-7-17(15-28)18-12-20(29-2)14-21(13-18)30-3/h12-14,16-17H,4-11,15H2,1-3H3,(H,24,25). The molecule has 1 aromatic heterocycles. The number of methoxy groups -OCH3 is 2. The average molecular weight is 444 g/mol. The summed E-state index contributed by atoms with van der Waals surface area (Å²) in [6.07, 6.45) is 4.56. The highest BCUT2D eigenvalue weighted by Crippen LogP contribution is 2.33. The van der Waals surface area contributed by atoms with Gasteiger partial charge in [-0.25, -0.2) is 4.98 Å². The van der Waals surface area contributed by atoms with Crippen LogP contribution in [-0.2, 0) is 6.42 Å².